The highest BCUT2D eigenvalue weighted by atomic mass is 32.2. The van der Waals surface area contributed by atoms with Gasteiger partial charge in [-0.2, -0.15) is 0 Å². The summed E-state index contributed by atoms with van der Waals surface area (Å²) < 4.78 is 29.1. The van der Waals surface area contributed by atoms with Crippen molar-refractivity contribution < 1.29 is 8.42 Å². The number of sulfonamides is 1. The lowest BCUT2D eigenvalue weighted by Gasteiger charge is -2.15. The minimum absolute atomic E-state index is 0.151. The molecule has 0 atom stereocenters. The number of aromatic nitrogens is 2. The number of para-hydroxylation sites is 2. The van der Waals surface area contributed by atoms with Crippen LogP contribution in [0, 0.1) is 27.7 Å². The average Bonchev–Trinajstić information content (AvgIpc) is 2.72. The molecule has 6 nitrogen and oxygen atoms in total. The number of anilines is 3. The highest BCUT2D eigenvalue weighted by molar-refractivity contribution is 7.92. The van der Waals surface area contributed by atoms with E-state index in [0.29, 0.717) is 22.4 Å². The van der Waals surface area contributed by atoms with Gasteiger partial charge in [-0.3, -0.25) is 4.72 Å². The van der Waals surface area contributed by atoms with Crippen LogP contribution in [0.25, 0.3) is 11.0 Å². The van der Waals surface area contributed by atoms with Gasteiger partial charge in [0, 0.05) is 5.69 Å². The summed E-state index contributed by atoms with van der Waals surface area (Å²) in [6, 6.07) is 18.6. The van der Waals surface area contributed by atoms with E-state index in [4.69, 9.17) is 0 Å². The molecular formula is C24H24N4O2S. The lowest BCUT2D eigenvalue weighted by Crippen LogP contribution is -2.17. The summed E-state index contributed by atoms with van der Waals surface area (Å²) in [5.41, 5.74) is 5.90. The van der Waals surface area contributed by atoms with Crippen molar-refractivity contribution in [2.45, 2.75) is 32.6 Å². The first-order valence-corrected chi connectivity index (χ1v) is 11.4. The number of benzene rings is 3. The van der Waals surface area contributed by atoms with Gasteiger partial charge in [0.25, 0.3) is 10.0 Å². The molecule has 0 aliphatic heterocycles. The Morgan fingerprint density at radius 3 is 2.03 bits per heavy atom. The van der Waals surface area contributed by atoms with Crippen LogP contribution in [0.5, 0.6) is 0 Å². The third-order valence-electron chi connectivity index (χ3n) is 5.20. The highest BCUT2D eigenvalue weighted by Gasteiger charge is 2.21. The van der Waals surface area contributed by atoms with E-state index in [1.807, 2.05) is 63.2 Å². The summed E-state index contributed by atoms with van der Waals surface area (Å²) in [6.45, 7) is 7.70. The normalized spacial score (nSPS) is 11.5. The van der Waals surface area contributed by atoms with Gasteiger partial charge < -0.3 is 5.32 Å². The molecule has 3 aromatic carbocycles. The van der Waals surface area contributed by atoms with E-state index in [0.717, 1.165) is 16.8 Å². The molecule has 158 valence electrons. The van der Waals surface area contributed by atoms with E-state index in [2.05, 4.69) is 20.0 Å². The van der Waals surface area contributed by atoms with E-state index in [9.17, 15) is 8.42 Å². The number of nitrogens with one attached hydrogen (secondary N) is 2. The molecule has 4 aromatic rings. The Morgan fingerprint density at radius 2 is 1.35 bits per heavy atom. The van der Waals surface area contributed by atoms with Crippen LogP contribution in [0.3, 0.4) is 0 Å². The minimum atomic E-state index is -3.86. The largest absolute Gasteiger partial charge is 0.337 e. The first-order chi connectivity index (χ1) is 14.7. The Morgan fingerprint density at radius 1 is 0.710 bits per heavy atom. The van der Waals surface area contributed by atoms with E-state index in [-0.39, 0.29) is 10.7 Å². The van der Waals surface area contributed by atoms with Gasteiger partial charge in [-0.15, -0.1) is 0 Å². The van der Waals surface area contributed by atoms with E-state index in [1.165, 1.54) is 5.56 Å². The molecule has 0 saturated carbocycles. The monoisotopic (exact) mass is 432 g/mol. The van der Waals surface area contributed by atoms with Crippen LogP contribution < -0.4 is 10.0 Å². The standard InChI is InChI=1S/C24H24N4O2S/c1-15-9-10-17(3)22(13-15)31(29,30)28-24-23(25-19-12-11-16(2)18(4)14-19)26-20-7-5-6-8-21(20)27-24/h5-14H,1-4H3,(H,25,26)(H,27,28). The van der Waals surface area contributed by atoms with Gasteiger partial charge in [0.2, 0.25) is 0 Å². The predicted molar refractivity (Wildman–Crippen MR) is 125 cm³/mol. The number of hydrogen-bond acceptors (Lipinski definition) is 5. The molecule has 0 aliphatic carbocycles. The molecule has 0 amide bonds. The van der Waals surface area contributed by atoms with Gasteiger partial charge in [0.05, 0.1) is 15.9 Å². The fraction of sp³-hybridized carbons (Fsp3) is 0.167. The molecule has 1 aromatic heterocycles. The lowest BCUT2D eigenvalue weighted by atomic mass is 10.1. The zero-order valence-electron chi connectivity index (χ0n) is 17.9. The number of fused-ring (bicyclic) bond motifs is 1. The second-order valence-electron chi connectivity index (χ2n) is 7.71. The molecule has 0 fully saturated rings. The topological polar surface area (TPSA) is 84.0 Å². The van der Waals surface area contributed by atoms with Gasteiger partial charge >= 0.3 is 0 Å². The molecule has 0 radical (unpaired) electrons. The summed E-state index contributed by atoms with van der Waals surface area (Å²) in [5, 5.41) is 3.23. The van der Waals surface area contributed by atoms with Crippen LogP contribution in [0.1, 0.15) is 22.3 Å². The SMILES string of the molecule is Cc1ccc(C)c(S(=O)(=O)Nc2nc3ccccc3nc2Nc2ccc(C)c(C)c2)c1. The van der Waals surface area contributed by atoms with Crippen LogP contribution >= 0.6 is 0 Å². The van der Waals surface area contributed by atoms with Crippen molar-refractivity contribution in [1.29, 1.82) is 0 Å². The molecule has 4 rings (SSSR count). The first-order valence-electron chi connectivity index (χ1n) is 9.94. The Balaban J connectivity index is 1.81. The Kier molecular flexibility index (Phi) is 5.37. The number of rotatable bonds is 5. The van der Waals surface area contributed by atoms with Crippen molar-refractivity contribution in [3.05, 3.63) is 82.9 Å². The molecule has 0 spiro atoms. The number of aryl methyl sites for hydroxylation is 4. The molecule has 0 unspecified atom stereocenters. The smallest absolute Gasteiger partial charge is 0.263 e. The third kappa shape index (κ3) is 4.36. The van der Waals surface area contributed by atoms with Gasteiger partial charge in [-0.1, -0.05) is 30.3 Å². The minimum Gasteiger partial charge on any atom is -0.337 e. The zero-order valence-corrected chi connectivity index (χ0v) is 18.7. The number of hydrogen-bond donors (Lipinski definition) is 2. The summed E-state index contributed by atoms with van der Waals surface area (Å²) in [7, 11) is -3.86. The first kappa shape index (κ1) is 20.8. The van der Waals surface area contributed by atoms with Crippen LogP contribution in [0.2, 0.25) is 0 Å². The van der Waals surface area contributed by atoms with Gasteiger partial charge in [0.15, 0.2) is 11.6 Å². The van der Waals surface area contributed by atoms with Crippen LogP contribution in [-0.4, -0.2) is 18.4 Å². The summed E-state index contributed by atoms with van der Waals surface area (Å²) >= 11 is 0. The maximum atomic E-state index is 13.2. The fourth-order valence-corrected chi connectivity index (χ4v) is 4.63. The summed E-state index contributed by atoms with van der Waals surface area (Å²) in [6.07, 6.45) is 0. The van der Waals surface area contributed by atoms with E-state index < -0.39 is 10.0 Å². The molecule has 7 heteroatoms. The number of nitrogens with zero attached hydrogens (tertiary/aromatic N) is 2. The fourth-order valence-electron chi connectivity index (χ4n) is 3.29. The molecule has 0 aliphatic rings. The Bertz CT molecular complexity index is 1400. The highest BCUT2D eigenvalue weighted by Crippen LogP contribution is 2.28. The maximum Gasteiger partial charge on any atom is 0.263 e. The second kappa shape index (κ2) is 8.00. The van der Waals surface area contributed by atoms with Crippen LogP contribution in [-0.2, 0) is 10.0 Å². The molecule has 0 bridgehead atoms. The van der Waals surface area contributed by atoms with Gasteiger partial charge in [-0.05, 0) is 80.3 Å². The van der Waals surface area contributed by atoms with Crippen molar-refractivity contribution in [3.63, 3.8) is 0 Å². The molecular weight excluding hydrogens is 408 g/mol. The van der Waals surface area contributed by atoms with E-state index >= 15 is 0 Å². The predicted octanol–water partition coefficient (Wildman–Crippen LogP) is 5.41. The second-order valence-corrected chi connectivity index (χ2v) is 9.36. The maximum absolute atomic E-state index is 13.2. The zero-order chi connectivity index (χ0) is 22.2. The summed E-state index contributed by atoms with van der Waals surface area (Å²) in [5.74, 6) is 0.494. The Hall–Kier alpha value is -3.45. The Labute approximate surface area is 182 Å². The van der Waals surface area contributed by atoms with Crippen molar-refractivity contribution >= 4 is 38.4 Å². The average molecular weight is 433 g/mol. The molecule has 1 heterocycles. The summed E-state index contributed by atoms with van der Waals surface area (Å²) in [4.78, 5) is 9.42. The molecule has 0 saturated heterocycles. The quantitative estimate of drug-likeness (QED) is 0.441. The molecule has 31 heavy (non-hydrogen) atoms. The lowest BCUT2D eigenvalue weighted by molar-refractivity contribution is 0.600. The van der Waals surface area contributed by atoms with E-state index in [1.54, 1.807) is 25.1 Å². The molecule has 2 N–H and O–H groups in total. The van der Waals surface area contributed by atoms with Crippen LogP contribution in [0.15, 0.2) is 65.6 Å². The van der Waals surface area contributed by atoms with Gasteiger partial charge in [0.1, 0.15) is 0 Å². The van der Waals surface area contributed by atoms with Gasteiger partial charge in [-0.25, -0.2) is 18.4 Å². The van der Waals surface area contributed by atoms with Crippen LogP contribution in [0.4, 0.5) is 17.3 Å². The van der Waals surface area contributed by atoms with Crippen molar-refractivity contribution in [3.8, 4) is 0 Å². The third-order valence-corrected chi connectivity index (χ3v) is 6.69. The van der Waals surface area contributed by atoms with Crippen molar-refractivity contribution in [2.24, 2.45) is 0 Å². The van der Waals surface area contributed by atoms with Crippen molar-refractivity contribution in [2.75, 3.05) is 10.0 Å². The van der Waals surface area contributed by atoms with Crippen molar-refractivity contribution in [1.82, 2.24) is 9.97 Å².